The predicted molar refractivity (Wildman–Crippen MR) is 80.8 cm³/mol. The summed E-state index contributed by atoms with van der Waals surface area (Å²) in [4.78, 5) is 27.3. The van der Waals surface area contributed by atoms with Crippen LogP contribution in [0.15, 0.2) is 22.2 Å². The first kappa shape index (κ1) is 15.6. The molecule has 0 aliphatic rings. The van der Waals surface area contributed by atoms with Gasteiger partial charge in [0.2, 0.25) is 0 Å². The number of nitrogens with one attached hydrogen (secondary N) is 1. The van der Waals surface area contributed by atoms with Crippen LogP contribution in [0.3, 0.4) is 0 Å². The molecule has 1 unspecified atom stereocenters. The first-order valence-corrected chi connectivity index (χ1v) is 7.94. The normalized spacial score (nSPS) is 12.0. The molecule has 1 atom stereocenters. The number of carboxylic acids is 1. The number of carboxylic acid groups (broad SMARTS) is 1. The highest BCUT2D eigenvalue weighted by Gasteiger charge is 2.21. The lowest BCUT2D eigenvalue weighted by atomic mass is 10.2. The maximum absolute atomic E-state index is 12.0. The molecule has 112 valence electrons. The summed E-state index contributed by atoms with van der Waals surface area (Å²) >= 11 is 2.90. The maximum Gasteiger partial charge on any atom is 0.326 e. The molecule has 2 heterocycles. The Hall–Kier alpha value is -1.77. The quantitative estimate of drug-likeness (QED) is 0.813. The lowest BCUT2D eigenvalue weighted by Crippen LogP contribution is -2.41. The van der Waals surface area contributed by atoms with E-state index in [2.05, 4.69) is 10.3 Å². The van der Waals surface area contributed by atoms with E-state index < -0.39 is 17.9 Å². The van der Waals surface area contributed by atoms with Gasteiger partial charge in [0.25, 0.3) is 5.91 Å². The van der Waals surface area contributed by atoms with Crippen molar-refractivity contribution in [3.8, 4) is 10.6 Å². The molecule has 0 saturated heterocycles. The minimum atomic E-state index is -1.09. The highest BCUT2D eigenvalue weighted by Crippen LogP contribution is 2.25. The molecular weight excluding hydrogens is 312 g/mol. The topological polar surface area (TPSA) is 88.5 Å². The summed E-state index contributed by atoms with van der Waals surface area (Å²) in [5.74, 6) is -1.58. The minimum absolute atomic E-state index is 0.207. The second kappa shape index (κ2) is 7.30. The number of methoxy groups -OCH3 is 1. The highest BCUT2D eigenvalue weighted by molar-refractivity contribution is 7.14. The zero-order chi connectivity index (χ0) is 15.2. The van der Waals surface area contributed by atoms with E-state index in [1.54, 1.807) is 16.7 Å². The van der Waals surface area contributed by atoms with Crippen LogP contribution >= 0.6 is 22.7 Å². The molecule has 8 heteroatoms. The van der Waals surface area contributed by atoms with Crippen LogP contribution in [-0.2, 0) is 9.53 Å². The standard InChI is InChI=1S/C13H14N2O4S2/c1-19-4-2-9(13(17)18)14-11(16)10-7-21-12(15-10)8-3-5-20-6-8/h3,5-7,9H,2,4H2,1H3,(H,14,16)(H,17,18). The van der Waals surface area contributed by atoms with Crippen LogP contribution in [0.25, 0.3) is 10.6 Å². The van der Waals surface area contributed by atoms with E-state index in [-0.39, 0.29) is 18.7 Å². The molecule has 0 bridgehead atoms. The third-order valence-electron chi connectivity index (χ3n) is 2.72. The van der Waals surface area contributed by atoms with Gasteiger partial charge >= 0.3 is 5.97 Å². The van der Waals surface area contributed by atoms with E-state index in [1.807, 2.05) is 16.8 Å². The third-order valence-corrected chi connectivity index (χ3v) is 4.29. The molecule has 2 rings (SSSR count). The molecule has 2 aromatic rings. The molecule has 0 radical (unpaired) electrons. The number of aromatic nitrogens is 1. The zero-order valence-corrected chi connectivity index (χ0v) is 12.9. The SMILES string of the molecule is COCCC(NC(=O)c1csc(-c2ccsc2)n1)C(=O)O. The Kier molecular flexibility index (Phi) is 5.43. The average Bonchev–Trinajstić information content (AvgIpc) is 3.12. The van der Waals surface area contributed by atoms with Gasteiger partial charge in [-0.1, -0.05) is 0 Å². The number of rotatable bonds is 7. The Morgan fingerprint density at radius 2 is 2.29 bits per heavy atom. The van der Waals surface area contributed by atoms with Crippen molar-refractivity contribution in [1.82, 2.24) is 10.3 Å². The van der Waals surface area contributed by atoms with Crippen molar-refractivity contribution in [2.75, 3.05) is 13.7 Å². The van der Waals surface area contributed by atoms with Gasteiger partial charge in [-0.3, -0.25) is 4.79 Å². The first-order valence-electron chi connectivity index (χ1n) is 6.12. The van der Waals surface area contributed by atoms with Gasteiger partial charge in [-0.2, -0.15) is 11.3 Å². The van der Waals surface area contributed by atoms with Crippen molar-refractivity contribution in [3.63, 3.8) is 0 Å². The van der Waals surface area contributed by atoms with Crippen molar-refractivity contribution in [1.29, 1.82) is 0 Å². The smallest absolute Gasteiger partial charge is 0.326 e. The molecule has 2 aromatic heterocycles. The number of hydrogen-bond acceptors (Lipinski definition) is 6. The number of amides is 1. The van der Waals surface area contributed by atoms with Gasteiger partial charge in [0, 0.05) is 36.5 Å². The van der Waals surface area contributed by atoms with Crippen LogP contribution in [0.2, 0.25) is 0 Å². The molecule has 0 aromatic carbocycles. The predicted octanol–water partition coefficient (Wildman–Crippen LogP) is 2.09. The van der Waals surface area contributed by atoms with Gasteiger partial charge in [0.05, 0.1) is 0 Å². The number of carbonyl (C=O) groups is 2. The molecule has 0 fully saturated rings. The molecule has 21 heavy (non-hydrogen) atoms. The van der Waals surface area contributed by atoms with E-state index >= 15 is 0 Å². The van der Waals surface area contributed by atoms with Gasteiger partial charge in [0.1, 0.15) is 16.7 Å². The van der Waals surface area contributed by atoms with Crippen LogP contribution in [0.1, 0.15) is 16.9 Å². The number of hydrogen-bond donors (Lipinski definition) is 2. The fraction of sp³-hybridized carbons (Fsp3) is 0.308. The summed E-state index contributed by atoms with van der Waals surface area (Å²) in [6, 6.07) is 0.938. The fourth-order valence-electron chi connectivity index (χ4n) is 1.62. The molecular formula is C13H14N2O4S2. The Labute approximate surface area is 129 Å². The van der Waals surface area contributed by atoms with Crippen molar-refractivity contribution < 1.29 is 19.4 Å². The van der Waals surface area contributed by atoms with Crippen molar-refractivity contribution in [2.24, 2.45) is 0 Å². The minimum Gasteiger partial charge on any atom is -0.480 e. The van der Waals surface area contributed by atoms with E-state index in [0.29, 0.717) is 0 Å². The monoisotopic (exact) mass is 326 g/mol. The second-order valence-electron chi connectivity index (χ2n) is 4.20. The Morgan fingerprint density at radius 3 is 2.90 bits per heavy atom. The van der Waals surface area contributed by atoms with Crippen molar-refractivity contribution >= 4 is 34.6 Å². The summed E-state index contributed by atoms with van der Waals surface area (Å²) in [6.07, 6.45) is 0.207. The number of thiazole rings is 1. The number of thiophene rings is 1. The molecule has 0 aliphatic heterocycles. The number of carbonyl (C=O) groups excluding carboxylic acids is 1. The van der Waals surface area contributed by atoms with E-state index in [0.717, 1.165) is 10.6 Å². The lowest BCUT2D eigenvalue weighted by molar-refractivity contribution is -0.139. The van der Waals surface area contributed by atoms with E-state index in [9.17, 15) is 9.59 Å². The summed E-state index contributed by atoms with van der Waals surface area (Å²) in [6.45, 7) is 0.258. The van der Waals surface area contributed by atoms with Crippen molar-refractivity contribution in [2.45, 2.75) is 12.5 Å². The lowest BCUT2D eigenvalue weighted by Gasteiger charge is -2.12. The van der Waals surface area contributed by atoms with Crippen LogP contribution in [0, 0.1) is 0 Å². The van der Waals surface area contributed by atoms with Crippen LogP contribution in [0.4, 0.5) is 0 Å². The highest BCUT2D eigenvalue weighted by atomic mass is 32.1. The van der Waals surface area contributed by atoms with Gasteiger partial charge in [-0.05, 0) is 11.4 Å². The zero-order valence-electron chi connectivity index (χ0n) is 11.2. The number of ether oxygens (including phenoxy) is 1. The molecule has 1 amide bonds. The number of nitrogens with zero attached hydrogens (tertiary/aromatic N) is 1. The summed E-state index contributed by atoms with van der Waals surface area (Å²) < 4.78 is 4.84. The Morgan fingerprint density at radius 1 is 1.48 bits per heavy atom. The van der Waals surface area contributed by atoms with Crippen LogP contribution in [-0.4, -0.2) is 41.7 Å². The van der Waals surface area contributed by atoms with Crippen LogP contribution < -0.4 is 5.32 Å². The fourth-order valence-corrected chi connectivity index (χ4v) is 3.13. The largest absolute Gasteiger partial charge is 0.480 e. The molecule has 0 saturated carbocycles. The summed E-state index contributed by atoms with van der Waals surface area (Å²) in [5, 5.41) is 17.8. The second-order valence-corrected chi connectivity index (χ2v) is 5.83. The molecule has 0 spiro atoms. The Balaban J connectivity index is 2.04. The van der Waals surface area contributed by atoms with Gasteiger partial charge in [-0.15, -0.1) is 11.3 Å². The van der Waals surface area contributed by atoms with Gasteiger partial charge in [0.15, 0.2) is 0 Å². The number of aliphatic carboxylic acids is 1. The molecule has 2 N–H and O–H groups in total. The maximum atomic E-state index is 12.0. The van der Waals surface area contributed by atoms with Crippen molar-refractivity contribution in [3.05, 3.63) is 27.9 Å². The third kappa shape index (κ3) is 4.10. The summed E-state index contributed by atoms with van der Waals surface area (Å²) in [5.41, 5.74) is 1.18. The van der Waals surface area contributed by atoms with Gasteiger partial charge in [-0.25, -0.2) is 9.78 Å². The van der Waals surface area contributed by atoms with E-state index in [4.69, 9.17) is 9.84 Å². The first-order chi connectivity index (χ1) is 10.1. The summed E-state index contributed by atoms with van der Waals surface area (Å²) in [7, 11) is 1.48. The molecule has 6 nitrogen and oxygen atoms in total. The average molecular weight is 326 g/mol. The Bertz CT molecular complexity index is 609. The molecule has 0 aliphatic carbocycles. The van der Waals surface area contributed by atoms with E-state index in [1.165, 1.54) is 18.4 Å². The van der Waals surface area contributed by atoms with Crippen LogP contribution in [0.5, 0.6) is 0 Å². The van der Waals surface area contributed by atoms with Gasteiger partial charge < -0.3 is 15.2 Å².